The van der Waals surface area contributed by atoms with Gasteiger partial charge in [-0.05, 0) is 193 Å². The van der Waals surface area contributed by atoms with Crippen molar-refractivity contribution in [1.82, 2.24) is 0 Å². The van der Waals surface area contributed by atoms with Crippen LogP contribution < -0.4 is 20.6 Å². The van der Waals surface area contributed by atoms with Crippen LogP contribution in [0.4, 0.5) is 28.4 Å². The van der Waals surface area contributed by atoms with E-state index in [2.05, 4.69) is 221 Å². The quantitative estimate of drug-likeness (QED) is 0.163. The van der Waals surface area contributed by atoms with Gasteiger partial charge in [0.15, 0.2) is 0 Å². The maximum absolute atomic E-state index is 2.81. The number of rotatable bonds is 3. The van der Waals surface area contributed by atoms with Crippen LogP contribution in [0.2, 0.25) is 0 Å². The summed E-state index contributed by atoms with van der Waals surface area (Å²) < 4.78 is 2.72. The third kappa shape index (κ3) is 6.51. The minimum absolute atomic E-state index is 0.0299. The molecule has 0 unspecified atom stereocenters. The lowest BCUT2D eigenvalue weighted by Gasteiger charge is -2.50. The fourth-order valence-electron chi connectivity index (χ4n) is 14.3. The van der Waals surface area contributed by atoms with Crippen LogP contribution in [0.25, 0.3) is 42.4 Å². The van der Waals surface area contributed by atoms with E-state index >= 15 is 0 Å². The predicted molar refractivity (Wildman–Crippen MR) is 309 cm³/mol. The van der Waals surface area contributed by atoms with E-state index in [1.165, 1.54) is 159 Å². The van der Waals surface area contributed by atoms with Gasteiger partial charge in [0.2, 0.25) is 0 Å². The van der Waals surface area contributed by atoms with Gasteiger partial charge in [-0.3, -0.25) is 0 Å². The van der Waals surface area contributed by atoms with E-state index in [1.807, 2.05) is 11.3 Å². The summed E-state index contributed by atoms with van der Waals surface area (Å²) in [6.07, 6.45) is 7.07. The van der Waals surface area contributed by atoms with Gasteiger partial charge in [-0.25, -0.2) is 0 Å². The van der Waals surface area contributed by atoms with Gasteiger partial charge >= 0.3 is 6.85 Å². The molecule has 5 aliphatic rings. The predicted octanol–water partition coefficient (Wildman–Crippen LogP) is 17.8. The summed E-state index contributed by atoms with van der Waals surface area (Å²) >= 11 is 1.98. The van der Waals surface area contributed by atoms with E-state index in [0.717, 1.165) is 0 Å². The van der Waals surface area contributed by atoms with Crippen LogP contribution >= 0.6 is 11.3 Å². The van der Waals surface area contributed by atoms with Gasteiger partial charge in [-0.15, -0.1) is 11.3 Å². The molecule has 8 aromatic rings. The topological polar surface area (TPSA) is 6.48 Å². The van der Waals surface area contributed by atoms with Gasteiger partial charge in [0.25, 0.3) is 0 Å². The highest BCUT2D eigenvalue weighted by molar-refractivity contribution is 7.26. The lowest BCUT2D eigenvalue weighted by Crippen LogP contribution is -2.62. The molecule has 3 heterocycles. The number of nitrogens with zero attached hydrogens (tertiary/aromatic N) is 2. The molecule has 0 saturated carbocycles. The molecule has 7 aromatic carbocycles. The van der Waals surface area contributed by atoms with Crippen LogP contribution in [0.5, 0.6) is 0 Å². The molecule has 0 amide bonds. The van der Waals surface area contributed by atoms with E-state index in [-0.39, 0.29) is 39.3 Å². The average molecular weight is 947 g/mol. The number of thiophene rings is 1. The van der Waals surface area contributed by atoms with Crippen LogP contribution in [0.15, 0.2) is 121 Å². The van der Waals surface area contributed by atoms with Gasteiger partial charge in [0, 0.05) is 54.2 Å². The van der Waals surface area contributed by atoms with Gasteiger partial charge < -0.3 is 9.71 Å². The smallest absolute Gasteiger partial charge is 0.333 e. The minimum atomic E-state index is -0.0819. The summed E-state index contributed by atoms with van der Waals surface area (Å²) in [5, 5.41) is 2.78. The van der Waals surface area contributed by atoms with E-state index in [1.54, 1.807) is 0 Å². The third-order valence-electron chi connectivity index (χ3n) is 19.2. The van der Waals surface area contributed by atoms with Crippen LogP contribution in [0, 0.1) is 6.92 Å². The van der Waals surface area contributed by atoms with Gasteiger partial charge in [0.05, 0.1) is 0 Å². The third-order valence-corrected chi connectivity index (χ3v) is 20.3. The Morgan fingerprint density at radius 3 is 1.51 bits per heavy atom. The zero-order valence-electron chi connectivity index (χ0n) is 44.7. The van der Waals surface area contributed by atoms with Crippen molar-refractivity contribution in [2.24, 2.45) is 0 Å². The summed E-state index contributed by atoms with van der Waals surface area (Å²) in [7, 11) is 0. The largest absolute Gasteiger partial charge is 0.376 e. The number of aryl methyl sites for hydroxylation is 1. The standard InChI is InChI=1S/C67H71BN2S/c1-40-33-46-49(65(8,9)30-27-62(46,2)3)36-53(40)69-55-38-51-48(64(6,7)29-32-67(51,12)13)35-52(55)68-61-56(69)39-58-59(44-21-17-18-22-57(44)71-58)60(61)45-34-47-50(66(10,11)31-28-63(47,4)5)37-54(45)70(68)43-25-23-42(24-26-43)41-19-15-14-16-20-41/h14-26,33-39H,27-32H2,1-13H3. The number of hydrogen-bond donors (Lipinski definition) is 0. The van der Waals surface area contributed by atoms with Gasteiger partial charge in [-0.2, -0.15) is 0 Å². The van der Waals surface area contributed by atoms with Gasteiger partial charge in [-0.1, -0.05) is 156 Å². The highest BCUT2D eigenvalue weighted by Gasteiger charge is 2.50. The molecule has 0 fully saturated rings. The molecular weight excluding hydrogens is 876 g/mol. The first-order valence-electron chi connectivity index (χ1n) is 26.8. The number of hydrogen-bond acceptors (Lipinski definition) is 3. The van der Waals surface area contributed by atoms with Crippen molar-refractivity contribution >= 4 is 77.7 Å². The zero-order valence-corrected chi connectivity index (χ0v) is 45.5. The van der Waals surface area contributed by atoms with Crippen LogP contribution in [-0.2, 0) is 32.5 Å². The Kier molecular flexibility index (Phi) is 9.43. The summed E-state index contributed by atoms with van der Waals surface area (Å²) in [5.41, 5.74) is 25.4. The minimum Gasteiger partial charge on any atom is -0.376 e. The molecule has 3 aliphatic carbocycles. The summed E-state index contributed by atoms with van der Waals surface area (Å²) in [6.45, 7) is 32.3. The molecule has 0 saturated heterocycles. The molecule has 358 valence electrons. The molecule has 0 atom stereocenters. The maximum Gasteiger partial charge on any atom is 0.333 e. The number of fused-ring (bicyclic) bond motifs is 11. The lowest BCUT2D eigenvalue weighted by molar-refractivity contribution is 0.331. The Balaban J connectivity index is 1.21. The molecule has 71 heavy (non-hydrogen) atoms. The Bertz CT molecular complexity index is 3560. The highest BCUT2D eigenvalue weighted by Crippen LogP contribution is 2.58. The normalized spacial score (nSPS) is 20.2. The second kappa shape index (κ2) is 14.8. The molecule has 0 radical (unpaired) electrons. The first-order chi connectivity index (χ1) is 33.6. The van der Waals surface area contributed by atoms with Crippen molar-refractivity contribution in [1.29, 1.82) is 0 Å². The molecular formula is C67H71BN2S. The molecule has 13 rings (SSSR count). The lowest BCUT2D eigenvalue weighted by atomic mass is 9.42. The number of benzene rings is 7. The average Bonchev–Trinajstić information content (AvgIpc) is 3.71. The molecule has 1 aromatic heterocycles. The van der Waals surface area contributed by atoms with Crippen molar-refractivity contribution in [3.8, 4) is 22.3 Å². The van der Waals surface area contributed by atoms with Crippen molar-refractivity contribution in [2.75, 3.05) is 9.71 Å². The molecule has 0 spiro atoms. The summed E-state index contributed by atoms with van der Waals surface area (Å²) in [6, 6.07) is 48.5. The maximum atomic E-state index is 2.81. The molecule has 4 heteroatoms. The Hall–Kier alpha value is -5.58. The molecule has 2 aliphatic heterocycles. The van der Waals surface area contributed by atoms with Crippen LogP contribution in [-0.4, -0.2) is 6.85 Å². The fraction of sp³-hybridized carbons (Fsp3) is 0.373. The molecule has 0 bridgehead atoms. The SMILES string of the molecule is Cc1cc2c(cc1N1c3cc4c(cc3B3c5c1cc1sc6ccccc6c1c5-c1cc5c(cc1N3c1ccc(-c3ccccc3)cc1)C(C)(C)CCC5(C)C)C(C)(C)CCC4(C)C)C(C)(C)CCC2(C)C. The van der Waals surface area contributed by atoms with E-state index in [0.29, 0.717) is 0 Å². The van der Waals surface area contributed by atoms with Crippen molar-refractivity contribution in [2.45, 2.75) is 161 Å². The fourth-order valence-corrected chi connectivity index (χ4v) is 15.4. The zero-order chi connectivity index (χ0) is 49.5. The Morgan fingerprint density at radius 1 is 0.437 bits per heavy atom. The van der Waals surface area contributed by atoms with E-state index < -0.39 is 0 Å². The summed E-state index contributed by atoms with van der Waals surface area (Å²) in [4.78, 5) is 5.59. The Labute approximate surface area is 428 Å². The number of anilines is 5. The Morgan fingerprint density at radius 2 is 0.915 bits per heavy atom. The molecule has 0 N–H and O–H groups in total. The van der Waals surface area contributed by atoms with Crippen LogP contribution in [0.1, 0.15) is 161 Å². The van der Waals surface area contributed by atoms with Gasteiger partial charge in [0.1, 0.15) is 0 Å². The monoisotopic (exact) mass is 947 g/mol. The first kappa shape index (κ1) is 45.3. The second-order valence-electron chi connectivity index (χ2n) is 26.5. The van der Waals surface area contributed by atoms with Crippen molar-refractivity contribution in [3.05, 3.63) is 160 Å². The first-order valence-corrected chi connectivity index (χ1v) is 27.7. The van der Waals surface area contributed by atoms with Crippen LogP contribution in [0.3, 0.4) is 0 Å². The summed E-state index contributed by atoms with van der Waals surface area (Å²) in [5.74, 6) is 0. The van der Waals surface area contributed by atoms with E-state index in [4.69, 9.17) is 0 Å². The van der Waals surface area contributed by atoms with E-state index in [9.17, 15) is 0 Å². The second-order valence-corrected chi connectivity index (χ2v) is 27.6. The highest BCUT2D eigenvalue weighted by atomic mass is 32.1. The van der Waals surface area contributed by atoms with Crippen molar-refractivity contribution < 1.29 is 0 Å². The van der Waals surface area contributed by atoms with Crippen molar-refractivity contribution in [3.63, 3.8) is 0 Å². The molecule has 2 nitrogen and oxygen atoms in total.